The summed E-state index contributed by atoms with van der Waals surface area (Å²) in [5, 5.41) is 0. The molecule has 1 aliphatic heterocycles. The Balaban J connectivity index is 2.03. The molecule has 0 aliphatic carbocycles. The van der Waals surface area contributed by atoms with Gasteiger partial charge in [-0.25, -0.2) is 9.18 Å². The Hall–Kier alpha value is -1.88. The van der Waals surface area contributed by atoms with Crippen LogP contribution in [0.4, 0.5) is 4.39 Å². The summed E-state index contributed by atoms with van der Waals surface area (Å²) in [5.41, 5.74) is 0.107. The van der Waals surface area contributed by atoms with Crippen LogP contribution < -0.4 is 0 Å². The van der Waals surface area contributed by atoms with E-state index in [0.29, 0.717) is 11.3 Å². The molecule has 0 unspecified atom stereocenters. The molecular formula is C19H25FO4. The van der Waals surface area contributed by atoms with Crippen LogP contribution in [0.5, 0.6) is 0 Å². The number of esters is 1. The molecule has 2 rings (SSSR count). The van der Waals surface area contributed by atoms with E-state index in [1.807, 2.05) is 26.8 Å². The smallest absolute Gasteiger partial charge is 0.338 e. The lowest BCUT2D eigenvalue weighted by molar-refractivity contribution is -0.0710. The van der Waals surface area contributed by atoms with Crippen molar-refractivity contribution in [1.82, 2.24) is 0 Å². The van der Waals surface area contributed by atoms with Crippen molar-refractivity contribution in [2.24, 2.45) is 5.41 Å². The number of hydrogen-bond donors (Lipinski definition) is 0. The van der Waals surface area contributed by atoms with E-state index in [4.69, 9.17) is 14.2 Å². The van der Waals surface area contributed by atoms with Crippen LogP contribution in [0.25, 0.3) is 0 Å². The predicted molar refractivity (Wildman–Crippen MR) is 89.4 cm³/mol. The summed E-state index contributed by atoms with van der Waals surface area (Å²) in [7, 11) is 0. The van der Waals surface area contributed by atoms with Crippen LogP contribution >= 0.6 is 0 Å². The summed E-state index contributed by atoms with van der Waals surface area (Å²) in [6.07, 6.45) is -3.46. The van der Waals surface area contributed by atoms with Crippen molar-refractivity contribution >= 4 is 5.97 Å². The van der Waals surface area contributed by atoms with Crippen LogP contribution in [0, 0.1) is 5.41 Å². The number of allylic oxidation sites excluding steroid dienone is 1. The molecule has 24 heavy (non-hydrogen) atoms. The Morgan fingerprint density at radius 2 is 1.92 bits per heavy atom. The molecular weight excluding hydrogens is 311 g/mol. The molecule has 0 aromatic heterocycles. The van der Waals surface area contributed by atoms with E-state index < -0.39 is 30.5 Å². The maximum atomic E-state index is 14.8. The van der Waals surface area contributed by atoms with Gasteiger partial charge < -0.3 is 14.2 Å². The lowest BCUT2D eigenvalue weighted by atomic mass is 9.85. The van der Waals surface area contributed by atoms with E-state index >= 15 is 0 Å². The Labute approximate surface area is 142 Å². The molecule has 1 saturated heterocycles. The van der Waals surface area contributed by atoms with Gasteiger partial charge in [0.25, 0.3) is 0 Å². The van der Waals surface area contributed by atoms with Crippen molar-refractivity contribution in [3.63, 3.8) is 0 Å². The first-order chi connectivity index (χ1) is 11.2. The average molecular weight is 336 g/mol. The highest BCUT2D eigenvalue weighted by Crippen LogP contribution is 2.38. The Kier molecular flexibility index (Phi) is 5.65. The zero-order valence-electron chi connectivity index (χ0n) is 14.6. The third-order valence-corrected chi connectivity index (χ3v) is 3.87. The van der Waals surface area contributed by atoms with E-state index in [-0.39, 0.29) is 12.0 Å². The topological polar surface area (TPSA) is 44.8 Å². The molecule has 4 atom stereocenters. The molecule has 0 radical (unpaired) electrons. The number of benzene rings is 1. The summed E-state index contributed by atoms with van der Waals surface area (Å²) in [5.74, 6) is -0.0644. The molecule has 132 valence electrons. The van der Waals surface area contributed by atoms with E-state index in [1.54, 1.807) is 31.2 Å². The van der Waals surface area contributed by atoms with E-state index in [2.05, 4.69) is 6.58 Å². The summed E-state index contributed by atoms with van der Waals surface area (Å²) < 4.78 is 31.3. The van der Waals surface area contributed by atoms with Gasteiger partial charge in [-0.2, -0.15) is 0 Å². The zero-order valence-corrected chi connectivity index (χ0v) is 14.6. The van der Waals surface area contributed by atoms with Crippen LogP contribution in [-0.2, 0) is 14.2 Å². The molecule has 4 nitrogen and oxygen atoms in total. The largest absolute Gasteiger partial charge is 0.490 e. The number of carbonyl (C=O) groups is 1. The predicted octanol–water partition coefficient (Wildman–Crippen LogP) is 3.91. The minimum atomic E-state index is -1.39. The maximum Gasteiger partial charge on any atom is 0.338 e. The highest BCUT2D eigenvalue weighted by molar-refractivity contribution is 5.89. The Morgan fingerprint density at radius 3 is 2.46 bits per heavy atom. The van der Waals surface area contributed by atoms with Crippen molar-refractivity contribution in [3.05, 3.63) is 48.2 Å². The number of ether oxygens (including phenoxy) is 3. The molecule has 1 aromatic carbocycles. The summed E-state index contributed by atoms with van der Waals surface area (Å²) >= 11 is 0. The Morgan fingerprint density at radius 1 is 1.29 bits per heavy atom. The summed E-state index contributed by atoms with van der Waals surface area (Å²) in [6, 6.07) is 8.59. The van der Waals surface area contributed by atoms with E-state index in [0.717, 1.165) is 0 Å². The summed E-state index contributed by atoms with van der Waals surface area (Å²) in [4.78, 5) is 12.0. The van der Waals surface area contributed by atoms with Crippen LogP contribution in [0.1, 0.15) is 38.1 Å². The second kappa shape index (κ2) is 7.34. The lowest BCUT2D eigenvalue weighted by Crippen LogP contribution is -2.39. The molecule has 0 amide bonds. The minimum Gasteiger partial charge on any atom is -0.490 e. The van der Waals surface area contributed by atoms with Crippen molar-refractivity contribution < 1.29 is 23.4 Å². The molecule has 1 aromatic rings. The number of carbonyl (C=O) groups excluding carboxylic acids is 1. The van der Waals surface area contributed by atoms with Crippen molar-refractivity contribution in [2.45, 2.75) is 52.2 Å². The fourth-order valence-electron chi connectivity index (χ4n) is 2.72. The highest BCUT2D eigenvalue weighted by atomic mass is 19.1. The number of rotatable bonds is 5. The average Bonchev–Trinajstić information content (AvgIpc) is 2.82. The third-order valence-electron chi connectivity index (χ3n) is 3.87. The van der Waals surface area contributed by atoms with Gasteiger partial charge in [0, 0.05) is 0 Å². The van der Waals surface area contributed by atoms with Gasteiger partial charge in [-0.05, 0) is 24.5 Å². The second-order valence-electron chi connectivity index (χ2n) is 7.15. The fraction of sp³-hybridized carbons (Fsp3) is 0.526. The monoisotopic (exact) mass is 336 g/mol. The molecule has 1 aliphatic rings. The molecule has 0 saturated carbocycles. The normalized spacial score (nSPS) is 26.9. The van der Waals surface area contributed by atoms with E-state index in [9.17, 15) is 9.18 Å². The van der Waals surface area contributed by atoms with Crippen molar-refractivity contribution in [3.8, 4) is 0 Å². The fourth-order valence-corrected chi connectivity index (χ4v) is 2.72. The first-order valence-electron chi connectivity index (χ1n) is 8.04. The van der Waals surface area contributed by atoms with Gasteiger partial charge >= 0.3 is 5.97 Å². The Bertz CT molecular complexity index is 579. The number of hydrogen-bond acceptors (Lipinski definition) is 4. The molecule has 0 bridgehead atoms. The van der Waals surface area contributed by atoms with Gasteiger partial charge in [-0.3, -0.25) is 0 Å². The standard InChI is InChI=1S/C19H25FO4/c1-12(2)23-16-15(20)14(24-17(16)19(3,4)5)11-22-18(21)13-9-7-6-8-10-13/h6-10,14-17H,1,11H2,2-5H3/t14-,15+,16-,17-/m1/s1. The first kappa shape index (κ1) is 18.5. The molecule has 1 fully saturated rings. The minimum absolute atomic E-state index is 0.155. The van der Waals surface area contributed by atoms with E-state index in [1.165, 1.54) is 0 Å². The molecule has 0 spiro atoms. The van der Waals surface area contributed by atoms with Crippen LogP contribution in [0.3, 0.4) is 0 Å². The van der Waals surface area contributed by atoms with Crippen molar-refractivity contribution in [1.29, 1.82) is 0 Å². The summed E-state index contributed by atoms with van der Waals surface area (Å²) in [6.45, 7) is 11.1. The quantitative estimate of drug-likeness (QED) is 0.604. The van der Waals surface area contributed by atoms with Gasteiger partial charge in [0.05, 0.1) is 11.3 Å². The second-order valence-corrected chi connectivity index (χ2v) is 7.15. The lowest BCUT2D eigenvalue weighted by Gasteiger charge is -2.31. The van der Waals surface area contributed by atoms with Crippen LogP contribution in [-0.4, -0.2) is 37.1 Å². The highest BCUT2D eigenvalue weighted by Gasteiger charge is 2.51. The van der Waals surface area contributed by atoms with Gasteiger partial charge in [0.1, 0.15) is 18.8 Å². The number of alkyl halides is 1. The van der Waals surface area contributed by atoms with Crippen molar-refractivity contribution in [2.75, 3.05) is 6.61 Å². The number of halogens is 1. The zero-order chi connectivity index (χ0) is 17.9. The van der Waals surface area contributed by atoms with Crippen LogP contribution in [0.2, 0.25) is 0 Å². The third kappa shape index (κ3) is 4.35. The molecule has 1 heterocycles. The first-order valence-corrected chi connectivity index (χ1v) is 8.04. The molecule has 5 heteroatoms. The van der Waals surface area contributed by atoms with Gasteiger partial charge in [0.15, 0.2) is 12.3 Å². The van der Waals surface area contributed by atoms with Gasteiger partial charge in [0.2, 0.25) is 0 Å². The molecule has 0 N–H and O–H groups in total. The SMILES string of the molecule is C=C(C)O[C@@H]1[C@@H](F)[C@@H](COC(=O)c2ccccc2)O[C@H]1C(C)(C)C. The van der Waals surface area contributed by atoms with Gasteiger partial charge in [-0.15, -0.1) is 0 Å². The maximum absolute atomic E-state index is 14.8. The van der Waals surface area contributed by atoms with Crippen LogP contribution in [0.15, 0.2) is 42.7 Å². The van der Waals surface area contributed by atoms with Gasteiger partial charge in [-0.1, -0.05) is 45.5 Å².